The van der Waals surface area contributed by atoms with Gasteiger partial charge in [-0.15, -0.1) is 0 Å². The van der Waals surface area contributed by atoms with Gasteiger partial charge in [0.1, 0.15) is 18.1 Å². The molecule has 30 heavy (non-hydrogen) atoms. The number of hydrogen-bond donors (Lipinski definition) is 0. The molecule has 2 heterocycles. The first kappa shape index (κ1) is 23.8. The van der Waals surface area contributed by atoms with Gasteiger partial charge in [0.05, 0.1) is 46.8 Å². The molecule has 0 atom stereocenters. The number of nitrogens with zero attached hydrogens (tertiary/aromatic N) is 6. The summed E-state index contributed by atoms with van der Waals surface area (Å²) in [6.45, 7) is 0. The van der Waals surface area contributed by atoms with Crippen LogP contribution in [0.3, 0.4) is 0 Å². The minimum atomic E-state index is 0. The Labute approximate surface area is 208 Å². The third-order valence-electron chi connectivity index (χ3n) is 3.98. The molecule has 6 nitrogen and oxygen atoms in total. The zero-order valence-corrected chi connectivity index (χ0v) is 21.1. The van der Waals surface area contributed by atoms with Crippen LogP contribution in [0.4, 0.5) is 0 Å². The fourth-order valence-electron chi connectivity index (χ4n) is 2.57. The zero-order valence-electron chi connectivity index (χ0n) is 15.7. The van der Waals surface area contributed by atoms with E-state index in [9.17, 15) is 0 Å². The Morgan fingerprint density at radius 2 is 1.47 bits per heavy atom. The van der Waals surface area contributed by atoms with E-state index in [1.165, 1.54) is 0 Å². The van der Waals surface area contributed by atoms with Crippen LogP contribution in [-0.4, -0.2) is 14.1 Å². The number of imidazole rings is 2. The summed E-state index contributed by atoms with van der Waals surface area (Å²) in [4.78, 5) is 3.96. The Morgan fingerprint density at radius 3 is 1.87 bits per heavy atom. The third kappa shape index (κ3) is 5.79. The first-order chi connectivity index (χ1) is 14.0. The largest absolute Gasteiger partial charge is 1.00 e. The maximum Gasteiger partial charge on any atom is 0.248 e. The molecule has 0 fully saturated rings. The quantitative estimate of drug-likeness (QED) is 0.247. The van der Waals surface area contributed by atoms with Crippen molar-refractivity contribution in [2.24, 2.45) is 7.05 Å². The lowest BCUT2D eigenvalue weighted by molar-refractivity contribution is -0.670. The highest BCUT2D eigenvalue weighted by Gasteiger charge is 2.09. The Kier molecular flexibility index (Phi) is 8.78. The highest BCUT2D eigenvalue weighted by molar-refractivity contribution is 9.11. The lowest BCUT2D eigenvalue weighted by atomic mass is 10.2. The number of aromatic nitrogens is 4. The van der Waals surface area contributed by atoms with Crippen molar-refractivity contribution < 1.29 is 28.5 Å². The van der Waals surface area contributed by atoms with E-state index >= 15 is 0 Å². The number of nitriles is 2. The molecule has 0 spiro atoms. The number of rotatable bonds is 2. The van der Waals surface area contributed by atoms with Gasteiger partial charge in [0, 0.05) is 16.9 Å². The van der Waals surface area contributed by atoms with Crippen LogP contribution in [0.2, 0.25) is 0 Å². The molecule has 0 aliphatic carbocycles. The van der Waals surface area contributed by atoms with Crippen molar-refractivity contribution in [3.05, 3.63) is 93.9 Å². The van der Waals surface area contributed by atoms with Crippen LogP contribution in [0.15, 0.2) is 82.8 Å². The summed E-state index contributed by atoms with van der Waals surface area (Å²) in [7, 11) is 1.97. The van der Waals surface area contributed by atoms with Gasteiger partial charge in [0.25, 0.3) is 0 Å². The predicted molar refractivity (Wildman–Crippen MR) is 115 cm³/mol. The normalized spacial score (nSPS) is 9.50. The SMILES string of the molecule is C[n+]1ccn(-c2ccc(C#N)cc2Br)c1.N#Cc1ccc(-n2ccnc2)c(Br)c1.[I-]. The molecular formula is C21H15Br2IN6. The zero-order chi connectivity index (χ0) is 20.8. The first-order valence-corrected chi connectivity index (χ1v) is 10.0. The fraction of sp³-hybridized carbons (Fsp3) is 0.0476. The number of benzene rings is 2. The summed E-state index contributed by atoms with van der Waals surface area (Å²) < 4.78 is 7.63. The fourth-order valence-corrected chi connectivity index (χ4v) is 3.73. The van der Waals surface area contributed by atoms with Crippen molar-refractivity contribution in [3.63, 3.8) is 0 Å². The van der Waals surface area contributed by atoms with Crippen molar-refractivity contribution >= 4 is 31.9 Å². The number of aryl methyl sites for hydroxylation is 1. The van der Waals surface area contributed by atoms with E-state index < -0.39 is 0 Å². The Hall–Kier alpha value is -2.47. The molecule has 0 unspecified atom stereocenters. The van der Waals surface area contributed by atoms with E-state index in [-0.39, 0.29) is 24.0 Å². The van der Waals surface area contributed by atoms with E-state index in [4.69, 9.17) is 10.5 Å². The summed E-state index contributed by atoms with van der Waals surface area (Å²) in [6.07, 6.45) is 11.2. The molecule has 2 aromatic carbocycles. The van der Waals surface area contributed by atoms with Crippen LogP contribution in [-0.2, 0) is 7.05 Å². The molecule has 9 heteroatoms. The minimum absolute atomic E-state index is 0. The van der Waals surface area contributed by atoms with E-state index in [0.29, 0.717) is 11.1 Å². The molecule has 0 saturated carbocycles. The summed E-state index contributed by atoms with van der Waals surface area (Å²) in [5.41, 5.74) is 3.29. The second-order valence-electron chi connectivity index (χ2n) is 6.01. The Balaban J connectivity index is 0.000000207. The monoisotopic (exact) mass is 636 g/mol. The first-order valence-electron chi connectivity index (χ1n) is 8.43. The molecular weight excluding hydrogens is 623 g/mol. The second-order valence-corrected chi connectivity index (χ2v) is 7.72. The molecule has 2 aromatic heterocycles. The molecule has 0 aliphatic heterocycles. The summed E-state index contributed by atoms with van der Waals surface area (Å²) in [6, 6.07) is 15.2. The summed E-state index contributed by atoms with van der Waals surface area (Å²) in [5.74, 6) is 0. The maximum atomic E-state index is 8.75. The van der Waals surface area contributed by atoms with Gasteiger partial charge in [-0.3, -0.25) is 0 Å². The number of halogens is 3. The van der Waals surface area contributed by atoms with Gasteiger partial charge in [-0.25, -0.2) is 14.1 Å². The van der Waals surface area contributed by atoms with E-state index in [1.54, 1.807) is 30.7 Å². The van der Waals surface area contributed by atoms with Gasteiger partial charge < -0.3 is 28.5 Å². The van der Waals surface area contributed by atoms with Gasteiger partial charge in [-0.2, -0.15) is 10.5 Å². The van der Waals surface area contributed by atoms with Gasteiger partial charge in [-0.05, 0) is 68.3 Å². The molecule has 4 aromatic rings. The van der Waals surface area contributed by atoms with Crippen molar-refractivity contribution in [3.8, 4) is 23.5 Å². The lowest BCUT2D eigenvalue weighted by Gasteiger charge is -2.04. The Morgan fingerprint density at radius 1 is 0.900 bits per heavy atom. The summed E-state index contributed by atoms with van der Waals surface area (Å²) >= 11 is 6.86. The van der Waals surface area contributed by atoms with Crippen molar-refractivity contribution in [1.82, 2.24) is 14.1 Å². The molecule has 150 valence electrons. The smallest absolute Gasteiger partial charge is 0.248 e. The molecule has 0 N–H and O–H groups in total. The van der Waals surface area contributed by atoms with Crippen LogP contribution in [0.5, 0.6) is 0 Å². The van der Waals surface area contributed by atoms with Crippen LogP contribution in [0.1, 0.15) is 11.1 Å². The van der Waals surface area contributed by atoms with Gasteiger partial charge in [0.15, 0.2) is 0 Å². The van der Waals surface area contributed by atoms with Gasteiger partial charge in [-0.1, -0.05) is 0 Å². The van der Waals surface area contributed by atoms with Crippen LogP contribution in [0.25, 0.3) is 11.4 Å². The molecule has 0 amide bonds. The van der Waals surface area contributed by atoms with E-state index in [2.05, 4.69) is 49.0 Å². The molecule has 4 rings (SSSR count). The van der Waals surface area contributed by atoms with Crippen LogP contribution in [0, 0.1) is 22.7 Å². The maximum absolute atomic E-state index is 8.75. The summed E-state index contributed by atoms with van der Waals surface area (Å²) in [5, 5.41) is 17.4. The molecule has 0 aliphatic rings. The average Bonchev–Trinajstić information content (AvgIpc) is 3.40. The lowest BCUT2D eigenvalue weighted by Crippen LogP contribution is -3.00. The van der Waals surface area contributed by atoms with Gasteiger partial charge >= 0.3 is 0 Å². The standard InChI is InChI=1S/C11H9BrN3.C10H6BrN3.HI/c1-14-4-5-15(8-14)11-3-2-9(7-13)6-10(11)12;11-9-5-8(6-12)1-2-10(9)14-4-3-13-7-14;/h2-6,8H,1H3;1-5,7H;1H/q+1;;/p-1. The molecule has 0 radical (unpaired) electrons. The highest BCUT2D eigenvalue weighted by Crippen LogP contribution is 2.22. The minimum Gasteiger partial charge on any atom is -1.00 e. The topological polar surface area (TPSA) is 74.2 Å². The van der Waals surface area contributed by atoms with E-state index in [1.807, 2.05) is 63.9 Å². The van der Waals surface area contributed by atoms with Crippen molar-refractivity contribution in [2.75, 3.05) is 0 Å². The van der Waals surface area contributed by atoms with Crippen LogP contribution >= 0.6 is 31.9 Å². The Bertz CT molecular complexity index is 1220. The molecule has 0 saturated heterocycles. The van der Waals surface area contributed by atoms with Crippen molar-refractivity contribution in [1.29, 1.82) is 10.5 Å². The van der Waals surface area contributed by atoms with Gasteiger partial charge in [0.2, 0.25) is 6.33 Å². The van der Waals surface area contributed by atoms with Crippen LogP contribution < -0.4 is 28.5 Å². The third-order valence-corrected chi connectivity index (χ3v) is 5.25. The molecule has 0 bridgehead atoms. The second kappa shape index (κ2) is 11.1. The number of hydrogen-bond acceptors (Lipinski definition) is 3. The highest BCUT2D eigenvalue weighted by atomic mass is 127. The average molecular weight is 638 g/mol. The predicted octanol–water partition coefficient (Wildman–Crippen LogP) is 1.45. The van der Waals surface area contributed by atoms with E-state index in [0.717, 1.165) is 20.3 Å². The van der Waals surface area contributed by atoms with Crippen molar-refractivity contribution in [2.45, 2.75) is 0 Å².